The van der Waals surface area contributed by atoms with Gasteiger partial charge < -0.3 is 10.6 Å². The molecule has 1 aliphatic heterocycles. The fourth-order valence-corrected chi connectivity index (χ4v) is 5.88. The summed E-state index contributed by atoms with van der Waals surface area (Å²) >= 11 is 0. The van der Waals surface area contributed by atoms with Crippen LogP contribution in [-0.2, 0) is 9.59 Å². The highest BCUT2D eigenvalue weighted by atomic mass is 16.2. The molecule has 4 saturated carbocycles. The van der Waals surface area contributed by atoms with Gasteiger partial charge in [0.2, 0.25) is 5.91 Å². The summed E-state index contributed by atoms with van der Waals surface area (Å²) in [5, 5.41) is 5.90. The van der Waals surface area contributed by atoms with Gasteiger partial charge in [0.1, 0.15) is 12.6 Å². The molecule has 4 amide bonds. The minimum atomic E-state index is -0.509. The number of hydrogen-bond donors (Lipinski definition) is 2. The topological polar surface area (TPSA) is 78.5 Å². The predicted molar refractivity (Wildman–Crippen MR) is 87.9 cm³/mol. The van der Waals surface area contributed by atoms with Crippen molar-refractivity contribution in [3.8, 4) is 0 Å². The van der Waals surface area contributed by atoms with E-state index in [-0.39, 0.29) is 29.8 Å². The Labute approximate surface area is 142 Å². The van der Waals surface area contributed by atoms with Crippen LogP contribution in [0, 0.1) is 23.7 Å². The Balaban J connectivity index is 1.41. The maximum absolute atomic E-state index is 12.6. The summed E-state index contributed by atoms with van der Waals surface area (Å²) in [6.07, 6.45) is 7.16. The second-order valence-electron chi connectivity index (χ2n) is 8.84. The summed E-state index contributed by atoms with van der Waals surface area (Å²) in [6, 6.07) is -0.954. The van der Waals surface area contributed by atoms with E-state index in [9.17, 15) is 14.4 Å². The zero-order chi connectivity index (χ0) is 17.1. The van der Waals surface area contributed by atoms with Crippen molar-refractivity contribution in [1.82, 2.24) is 15.5 Å². The Hall–Kier alpha value is -1.59. The smallest absolute Gasteiger partial charge is 0.325 e. The molecule has 132 valence electrons. The summed E-state index contributed by atoms with van der Waals surface area (Å²) in [7, 11) is 0. The van der Waals surface area contributed by atoms with Gasteiger partial charge in [-0.2, -0.15) is 0 Å². The standard InChI is InChI=1S/C18H27N3O3/c1-10(2)15-16(23)21(17(24)19-15)9-14(22)20-18-6-11-3-12(7-18)5-13(4-11)8-18/h10-13,15H,3-9H2,1-2H3,(H,19,24)(H,20,22). The molecule has 0 aromatic carbocycles. The third kappa shape index (κ3) is 2.60. The lowest BCUT2D eigenvalue weighted by molar-refractivity contribution is -0.135. The van der Waals surface area contributed by atoms with Crippen molar-refractivity contribution in [2.75, 3.05) is 6.54 Å². The Morgan fingerprint density at radius 2 is 1.71 bits per heavy atom. The molecule has 5 aliphatic rings. The molecule has 4 aliphatic carbocycles. The van der Waals surface area contributed by atoms with Crippen LogP contribution in [0.3, 0.4) is 0 Å². The van der Waals surface area contributed by atoms with Crippen molar-refractivity contribution in [2.45, 2.75) is 64.0 Å². The van der Waals surface area contributed by atoms with Crippen molar-refractivity contribution in [2.24, 2.45) is 23.7 Å². The first kappa shape index (κ1) is 15.9. The Bertz CT molecular complexity index is 551. The van der Waals surface area contributed by atoms with E-state index >= 15 is 0 Å². The molecule has 6 heteroatoms. The van der Waals surface area contributed by atoms with Crippen molar-refractivity contribution < 1.29 is 14.4 Å². The molecule has 1 saturated heterocycles. The molecule has 6 nitrogen and oxygen atoms in total. The molecule has 0 spiro atoms. The van der Waals surface area contributed by atoms with Crippen molar-refractivity contribution in [1.29, 1.82) is 0 Å². The van der Waals surface area contributed by atoms with Crippen LogP contribution in [0.15, 0.2) is 0 Å². The molecule has 0 radical (unpaired) electrons. The number of rotatable bonds is 4. The third-order valence-electron chi connectivity index (χ3n) is 6.47. The zero-order valence-electron chi connectivity index (χ0n) is 14.5. The van der Waals surface area contributed by atoms with E-state index in [1.54, 1.807) is 0 Å². The molecule has 2 N–H and O–H groups in total. The molecule has 5 fully saturated rings. The number of amides is 4. The Morgan fingerprint density at radius 1 is 1.17 bits per heavy atom. The average molecular weight is 333 g/mol. The van der Waals surface area contributed by atoms with Gasteiger partial charge in [-0.05, 0) is 62.2 Å². The Kier molecular flexibility index (Phi) is 3.62. The van der Waals surface area contributed by atoms with E-state index in [4.69, 9.17) is 0 Å². The second kappa shape index (κ2) is 5.46. The monoisotopic (exact) mass is 333 g/mol. The first-order valence-electron chi connectivity index (χ1n) is 9.28. The highest BCUT2D eigenvalue weighted by Crippen LogP contribution is 2.55. The molecule has 1 heterocycles. The summed E-state index contributed by atoms with van der Waals surface area (Å²) in [5.74, 6) is 1.80. The van der Waals surface area contributed by atoms with Crippen LogP contribution in [-0.4, -0.2) is 40.9 Å². The van der Waals surface area contributed by atoms with E-state index in [2.05, 4.69) is 10.6 Å². The number of carbonyl (C=O) groups is 3. The number of carbonyl (C=O) groups excluding carboxylic acids is 3. The van der Waals surface area contributed by atoms with Gasteiger partial charge in [0, 0.05) is 5.54 Å². The molecule has 0 aromatic heterocycles. The van der Waals surface area contributed by atoms with E-state index in [0.29, 0.717) is 0 Å². The first-order valence-corrected chi connectivity index (χ1v) is 9.28. The van der Waals surface area contributed by atoms with Gasteiger partial charge in [0.15, 0.2) is 0 Å². The number of urea groups is 1. The zero-order valence-corrected chi connectivity index (χ0v) is 14.5. The van der Waals surface area contributed by atoms with Gasteiger partial charge in [-0.3, -0.25) is 14.5 Å². The second-order valence-corrected chi connectivity index (χ2v) is 8.84. The van der Waals surface area contributed by atoms with Crippen LogP contribution in [0.5, 0.6) is 0 Å². The lowest BCUT2D eigenvalue weighted by Crippen LogP contribution is -2.61. The van der Waals surface area contributed by atoms with Gasteiger partial charge in [-0.15, -0.1) is 0 Å². The Morgan fingerprint density at radius 3 is 2.17 bits per heavy atom. The van der Waals surface area contributed by atoms with Crippen LogP contribution >= 0.6 is 0 Å². The molecule has 24 heavy (non-hydrogen) atoms. The van der Waals surface area contributed by atoms with Gasteiger partial charge in [-0.25, -0.2) is 4.79 Å². The van der Waals surface area contributed by atoms with E-state index in [1.165, 1.54) is 19.3 Å². The molecule has 0 aromatic rings. The first-order chi connectivity index (χ1) is 11.3. The van der Waals surface area contributed by atoms with Crippen LogP contribution in [0.1, 0.15) is 52.4 Å². The minimum absolute atomic E-state index is 0.0256. The SMILES string of the molecule is CC(C)C1NC(=O)N(CC(=O)NC23CC4CC(CC(C4)C2)C3)C1=O. The van der Waals surface area contributed by atoms with Gasteiger partial charge in [0.25, 0.3) is 5.91 Å². The molecular weight excluding hydrogens is 306 g/mol. The van der Waals surface area contributed by atoms with E-state index in [1.807, 2.05) is 13.8 Å². The maximum Gasteiger partial charge on any atom is 0.325 e. The van der Waals surface area contributed by atoms with Gasteiger partial charge in [-0.1, -0.05) is 13.8 Å². The highest BCUT2D eigenvalue weighted by molar-refractivity contribution is 6.06. The number of nitrogens with zero attached hydrogens (tertiary/aromatic N) is 1. The fourth-order valence-electron chi connectivity index (χ4n) is 5.88. The van der Waals surface area contributed by atoms with Crippen LogP contribution in [0.4, 0.5) is 4.79 Å². The maximum atomic E-state index is 12.6. The highest BCUT2D eigenvalue weighted by Gasteiger charge is 2.52. The lowest BCUT2D eigenvalue weighted by Gasteiger charge is -2.56. The summed E-state index contributed by atoms with van der Waals surface area (Å²) in [4.78, 5) is 38.0. The van der Waals surface area contributed by atoms with Crippen molar-refractivity contribution in [3.63, 3.8) is 0 Å². The normalized spacial score (nSPS) is 40.4. The molecule has 5 rings (SSSR count). The molecular formula is C18H27N3O3. The van der Waals surface area contributed by atoms with Gasteiger partial charge in [0.05, 0.1) is 0 Å². The molecule has 1 unspecified atom stereocenters. The predicted octanol–water partition coefficient (Wildman–Crippen LogP) is 1.65. The summed E-state index contributed by atoms with van der Waals surface area (Å²) in [6.45, 7) is 3.62. The number of hydrogen-bond acceptors (Lipinski definition) is 3. The molecule has 1 atom stereocenters. The third-order valence-corrected chi connectivity index (χ3v) is 6.47. The minimum Gasteiger partial charge on any atom is -0.349 e. The largest absolute Gasteiger partial charge is 0.349 e. The van der Waals surface area contributed by atoms with Crippen LogP contribution in [0.25, 0.3) is 0 Å². The quantitative estimate of drug-likeness (QED) is 0.768. The van der Waals surface area contributed by atoms with Crippen molar-refractivity contribution in [3.05, 3.63) is 0 Å². The van der Waals surface area contributed by atoms with Crippen LogP contribution in [0.2, 0.25) is 0 Å². The fraction of sp³-hybridized carbons (Fsp3) is 0.833. The van der Waals surface area contributed by atoms with E-state index in [0.717, 1.165) is 41.9 Å². The summed E-state index contributed by atoms with van der Waals surface area (Å²) < 4.78 is 0. The number of nitrogens with one attached hydrogen (secondary N) is 2. The molecule has 4 bridgehead atoms. The van der Waals surface area contributed by atoms with E-state index < -0.39 is 12.1 Å². The van der Waals surface area contributed by atoms with Gasteiger partial charge >= 0.3 is 6.03 Å². The van der Waals surface area contributed by atoms with Crippen molar-refractivity contribution >= 4 is 17.8 Å². The van der Waals surface area contributed by atoms with Crippen LogP contribution < -0.4 is 10.6 Å². The lowest BCUT2D eigenvalue weighted by atomic mass is 9.53. The average Bonchev–Trinajstić information content (AvgIpc) is 2.73. The summed E-state index contributed by atoms with van der Waals surface area (Å²) in [5.41, 5.74) is -0.0808. The number of imide groups is 1.